The number of carbonyl (C=O) groups excluding carboxylic acids is 1. The fourth-order valence-electron chi connectivity index (χ4n) is 5.04. The number of hydrogen-bond acceptors (Lipinski definition) is 9. The van der Waals surface area contributed by atoms with Crippen LogP contribution in [0.15, 0.2) is 59.8 Å². The van der Waals surface area contributed by atoms with Crippen molar-refractivity contribution in [3.63, 3.8) is 0 Å². The minimum Gasteiger partial charge on any atom is -0.493 e. The van der Waals surface area contributed by atoms with Crippen LogP contribution in [0.1, 0.15) is 56.2 Å². The molecule has 0 radical (unpaired) electrons. The number of nitrogens with zero attached hydrogens (tertiary/aromatic N) is 3. The predicted molar refractivity (Wildman–Crippen MR) is 151 cm³/mol. The van der Waals surface area contributed by atoms with Gasteiger partial charge in [0.05, 0.1) is 32.2 Å². The summed E-state index contributed by atoms with van der Waals surface area (Å²) in [4.78, 5) is 12.5. The highest BCUT2D eigenvalue weighted by Crippen LogP contribution is 2.46. The van der Waals surface area contributed by atoms with Gasteiger partial charge in [-0.15, -0.1) is 10.2 Å². The van der Waals surface area contributed by atoms with Gasteiger partial charge in [0.2, 0.25) is 0 Å². The SMILES string of the molecule is CCOC(=O)C(C)(C)C1=NNN(CC[C@H]2O[C@H](c3cccc(OC)c3OC)c3cc(Cl)ccc3-n3cccc32)N1. The number of methoxy groups -OCH3 is 2. The molecule has 3 aromatic rings. The summed E-state index contributed by atoms with van der Waals surface area (Å²) >= 11 is 6.50. The van der Waals surface area contributed by atoms with Crippen molar-refractivity contribution >= 4 is 23.4 Å². The number of ether oxygens (including phenoxy) is 4. The Morgan fingerprint density at radius 1 is 1.12 bits per heavy atom. The van der Waals surface area contributed by atoms with Crippen LogP contribution in [0.25, 0.3) is 5.69 Å². The molecule has 0 spiro atoms. The van der Waals surface area contributed by atoms with Gasteiger partial charge < -0.3 is 23.5 Å². The molecule has 11 heteroatoms. The lowest BCUT2D eigenvalue weighted by Crippen LogP contribution is -2.48. The Morgan fingerprint density at radius 2 is 1.95 bits per heavy atom. The molecule has 1 aromatic heterocycles. The quantitative estimate of drug-likeness (QED) is 0.351. The zero-order valence-corrected chi connectivity index (χ0v) is 24.0. The zero-order valence-electron chi connectivity index (χ0n) is 23.2. The van der Waals surface area contributed by atoms with Crippen LogP contribution in [0.5, 0.6) is 11.5 Å². The first kappa shape index (κ1) is 27.8. The first-order valence-corrected chi connectivity index (χ1v) is 13.5. The molecular weight excluding hydrogens is 534 g/mol. The topological polar surface area (TPSA) is 98.6 Å². The number of rotatable bonds is 9. The first-order valence-electron chi connectivity index (χ1n) is 13.2. The summed E-state index contributed by atoms with van der Waals surface area (Å²) in [5.74, 6) is 1.36. The average Bonchev–Trinajstić information content (AvgIpc) is 3.61. The van der Waals surface area contributed by atoms with Gasteiger partial charge in [-0.05, 0) is 63.6 Å². The van der Waals surface area contributed by atoms with Crippen molar-refractivity contribution < 1.29 is 23.7 Å². The van der Waals surface area contributed by atoms with Gasteiger partial charge in [-0.3, -0.25) is 10.2 Å². The molecule has 10 nitrogen and oxygen atoms in total. The number of hydrazone groups is 1. The van der Waals surface area contributed by atoms with E-state index in [1.165, 1.54) is 0 Å². The van der Waals surface area contributed by atoms with E-state index in [0.717, 1.165) is 22.5 Å². The standard InChI is InChI=1S/C29H34ClN5O5/c1-6-39-28(36)29(2,3)27-31-33-35(32-27)16-14-23-22-10-8-15-34(22)21-13-12-18(30)17-20(21)25(40-23)19-9-7-11-24(37-4)26(19)38-5/h7-13,15,17,23,25,33H,6,14,16H2,1-5H3,(H,31,32)/t23-,25-/m1/s1. The number of esters is 1. The van der Waals surface area contributed by atoms with Gasteiger partial charge in [0.15, 0.2) is 17.3 Å². The molecule has 0 bridgehead atoms. The van der Waals surface area contributed by atoms with Crippen molar-refractivity contribution in [1.29, 1.82) is 0 Å². The second kappa shape index (κ2) is 11.4. The van der Waals surface area contributed by atoms with E-state index in [9.17, 15) is 4.79 Å². The van der Waals surface area contributed by atoms with E-state index in [2.05, 4.69) is 26.7 Å². The third-order valence-corrected chi connectivity index (χ3v) is 7.41. The Balaban J connectivity index is 1.44. The summed E-state index contributed by atoms with van der Waals surface area (Å²) in [5, 5.41) is 6.70. The van der Waals surface area contributed by atoms with Gasteiger partial charge in [0, 0.05) is 28.9 Å². The minimum absolute atomic E-state index is 0.304. The molecule has 2 aromatic carbocycles. The van der Waals surface area contributed by atoms with Crippen molar-refractivity contribution in [2.24, 2.45) is 10.5 Å². The second-order valence-electron chi connectivity index (χ2n) is 10.1. The lowest BCUT2D eigenvalue weighted by molar-refractivity contribution is -0.149. The van der Waals surface area contributed by atoms with E-state index in [1.807, 2.05) is 48.7 Å². The Kier molecular flexibility index (Phi) is 7.93. The highest BCUT2D eigenvalue weighted by molar-refractivity contribution is 6.30. The van der Waals surface area contributed by atoms with Crippen molar-refractivity contribution in [1.82, 2.24) is 20.6 Å². The predicted octanol–water partition coefficient (Wildman–Crippen LogP) is 4.93. The van der Waals surface area contributed by atoms with Crippen LogP contribution in [-0.2, 0) is 14.3 Å². The summed E-state index contributed by atoms with van der Waals surface area (Å²) in [5.41, 5.74) is 8.96. The van der Waals surface area contributed by atoms with E-state index in [-0.39, 0.29) is 12.1 Å². The molecule has 0 amide bonds. The molecule has 2 aliphatic rings. The van der Waals surface area contributed by atoms with E-state index >= 15 is 0 Å². The fraction of sp³-hybridized carbons (Fsp3) is 0.379. The number of hydrogen-bond donors (Lipinski definition) is 2. The molecule has 40 heavy (non-hydrogen) atoms. The number of amidine groups is 1. The van der Waals surface area contributed by atoms with E-state index in [0.29, 0.717) is 41.9 Å². The van der Waals surface area contributed by atoms with Gasteiger partial charge in [0.1, 0.15) is 17.6 Å². The summed E-state index contributed by atoms with van der Waals surface area (Å²) in [7, 11) is 3.24. The molecule has 5 rings (SSSR count). The van der Waals surface area contributed by atoms with Crippen molar-refractivity contribution in [3.05, 3.63) is 76.6 Å². The number of halogens is 1. The lowest BCUT2D eigenvalue weighted by Gasteiger charge is -2.27. The summed E-state index contributed by atoms with van der Waals surface area (Å²) < 4.78 is 25.7. The number of nitrogens with one attached hydrogen (secondary N) is 2. The van der Waals surface area contributed by atoms with Gasteiger partial charge in [0.25, 0.3) is 0 Å². The number of benzene rings is 2. The molecule has 0 saturated carbocycles. The lowest BCUT2D eigenvalue weighted by atomic mass is 9.92. The van der Waals surface area contributed by atoms with Crippen LogP contribution in [0.2, 0.25) is 5.02 Å². The van der Waals surface area contributed by atoms with Crippen LogP contribution in [0.4, 0.5) is 0 Å². The maximum Gasteiger partial charge on any atom is 0.319 e. The molecular formula is C29H34ClN5O5. The van der Waals surface area contributed by atoms with Gasteiger partial charge in [-0.1, -0.05) is 23.7 Å². The molecule has 0 aliphatic carbocycles. The van der Waals surface area contributed by atoms with Gasteiger partial charge >= 0.3 is 5.97 Å². The molecule has 3 heterocycles. The molecule has 0 fully saturated rings. The van der Waals surface area contributed by atoms with Gasteiger partial charge in [-0.25, -0.2) is 5.53 Å². The van der Waals surface area contributed by atoms with Crippen molar-refractivity contribution in [3.8, 4) is 17.2 Å². The maximum absolute atomic E-state index is 12.5. The van der Waals surface area contributed by atoms with Crippen LogP contribution < -0.4 is 20.4 Å². The maximum atomic E-state index is 12.5. The molecule has 0 unspecified atom stereocenters. The van der Waals surface area contributed by atoms with Crippen molar-refractivity contribution in [2.45, 2.75) is 39.4 Å². The Labute approximate surface area is 238 Å². The largest absolute Gasteiger partial charge is 0.493 e. The average molecular weight is 568 g/mol. The molecule has 2 N–H and O–H groups in total. The smallest absolute Gasteiger partial charge is 0.319 e. The minimum atomic E-state index is -0.930. The third kappa shape index (κ3) is 5.10. The molecule has 212 valence electrons. The highest BCUT2D eigenvalue weighted by Gasteiger charge is 2.39. The highest BCUT2D eigenvalue weighted by atomic mass is 35.5. The van der Waals surface area contributed by atoms with Crippen molar-refractivity contribution in [2.75, 3.05) is 27.4 Å². The summed E-state index contributed by atoms with van der Waals surface area (Å²) in [6.45, 7) is 6.15. The van der Waals surface area contributed by atoms with Crippen LogP contribution in [-0.4, -0.2) is 48.9 Å². The fourth-order valence-corrected chi connectivity index (χ4v) is 5.22. The number of hydrazine groups is 2. The number of para-hydroxylation sites is 1. The van der Waals surface area contributed by atoms with E-state index in [4.69, 9.17) is 30.5 Å². The molecule has 2 atom stereocenters. The monoisotopic (exact) mass is 567 g/mol. The summed E-state index contributed by atoms with van der Waals surface area (Å²) in [6, 6.07) is 15.7. The Hall–Kier alpha value is -3.73. The van der Waals surface area contributed by atoms with Crippen LogP contribution >= 0.6 is 11.6 Å². The van der Waals surface area contributed by atoms with E-state index in [1.54, 1.807) is 40.1 Å². The number of fused-ring (bicyclic) bond motifs is 3. The Bertz CT molecular complexity index is 1420. The van der Waals surface area contributed by atoms with Gasteiger partial charge in [-0.2, -0.15) is 0 Å². The zero-order chi connectivity index (χ0) is 28.4. The normalized spacial score (nSPS) is 18.5. The number of carbonyl (C=O) groups is 1. The Morgan fingerprint density at radius 3 is 2.70 bits per heavy atom. The van der Waals surface area contributed by atoms with E-state index < -0.39 is 11.5 Å². The summed E-state index contributed by atoms with van der Waals surface area (Å²) in [6.07, 6.45) is 1.82. The third-order valence-electron chi connectivity index (χ3n) is 7.17. The number of aromatic nitrogens is 1. The molecule has 0 saturated heterocycles. The first-order chi connectivity index (χ1) is 19.3. The molecule has 2 aliphatic heterocycles. The van der Waals surface area contributed by atoms with Crippen LogP contribution in [0, 0.1) is 5.41 Å². The second-order valence-corrected chi connectivity index (χ2v) is 10.5. The van der Waals surface area contributed by atoms with Crippen LogP contribution in [0.3, 0.4) is 0 Å².